The molecule has 0 radical (unpaired) electrons. The van der Waals surface area contributed by atoms with E-state index in [1.807, 2.05) is 0 Å². The fourth-order valence-corrected chi connectivity index (χ4v) is 2.21. The zero-order valence-corrected chi connectivity index (χ0v) is 11.7. The lowest BCUT2D eigenvalue weighted by molar-refractivity contribution is -0.141. The summed E-state index contributed by atoms with van der Waals surface area (Å²) in [5.74, 6) is -1.41. The van der Waals surface area contributed by atoms with Crippen molar-refractivity contribution in [3.63, 3.8) is 0 Å². The maximum absolute atomic E-state index is 11.9. The van der Waals surface area contributed by atoms with Gasteiger partial charge in [-0.2, -0.15) is 0 Å². The first-order chi connectivity index (χ1) is 9.08. The van der Waals surface area contributed by atoms with Crippen LogP contribution in [0.1, 0.15) is 12.8 Å². The molecule has 20 heavy (non-hydrogen) atoms. The summed E-state index contributed by atoms with van der Waals surface area (Å²) in [5, 5.41) is 8.87. The summed E-state index contributed by atoms with van der Waals surface area (Å²) in [6.45, 7) is 1.09. The largest absolute Gasteiger partial charge is 0.481 e. The average molecular weight is 301 g/mol. The molecule has 1 aromatic rings. The normalized spacial score (nSPS) is 17.6. The SMILES string of the molecule is Cl.O=C(O)C1CCN(C(=O)CCn2ccccc2=O)C1. The van der Waals surface area contributed by atoms with Gasteiger partial charge in [0.2, 0.25) is 5.91 Å². The van der Waals surface area contributed by atoms with Crippen molar-refractivity contribution >= 4 is 24.3 Å². The Balaban J connectivity index is 0.00000200. The summed E-state index contributed by atoms with van der Waals surface area (Å²) in [6, 6.07) is 4.83. The summed E-state index contributed by atoms with van der Waals surface area (Å²) < 4.78 is 1.47. The molecule has 0 bridgehead atoms. The van der Waals surface area contributed by atoms with Crippen LogP contribution in [0.15, 0.2) is 29.2 Å². The quantitative estimate of drug-likeness (QED) is 0.883. The number of carboxylic acids is 1. The van der Waals surface area contributed by atoms with Crippen molar-refractivity contribution in [2.75, 3.05) is 13.1 Å². The molecule has 1 aromatic heterocycles. The Morgan fingerprint density at radius 1 is 1.35 bits per heavy atom. The number of carbonyl (C=O) groups is 2. The monoisotopic (exact) mass is 300 g/mol. The second-order valence-corrected chi connectivity index (χ2v) is 4.65. The van der Waals surface area contributed by atoms with E-state index in [0.29, 0.717) is 19.5 Å². The van der Waals surface area contributed by atoms with Gasteiger partial charge in [0.05, 0.1) is 5.92 Å². The van der Waals surface area contributed by atoms with Crippen LogP contribution < -0.4 is 5.56 Å². The van der Waals surface area contributed by atoms with Crippen LogP contribution in [0.5, 0.6) is 0 Å². The van der Waals surface area contributed by atoms with Gasteiger partial charge in [-0.15, -0.1) is 12.4 Å². The van der Waals surface area contributed by atoms with E-state index in [0.717, 1.165) is 0 Å². The number of rotatable bonds is 4. The Morgan fingerprint density at radius 3 is 2.70 bits per heavy atom. The highest BCUT2D eigenvalue weighted by molar-refractivity contribution is 5.85. The number of aromatic nitrogens is 1. The van der Waals surface area contributed by atoms with Gasteiger partial charge in [0.15, 0.2) is 0 Å². The van der Waals surface area contributed by atoms with Crippen LogP contribution in [0.4, 0.5) is 0 Å². The van der Waals surface area contributed by atoms with Gasteiger partial charge in [0.25, 0.3) is 5.56 Å². The topological polar surface area (TPSA) is 79.6 Å². The van der Waals surface area contributed by atoms with Gasteiger partial charge >= 0.3 is 5.97 Å². The van der Waals surface area contributed by atoms with Crippen LogP contribution >= 0.6 is 12.4 Å². The van der Waals surface area contributed by atoms with Crippen LogP contribution in [-0.4, -0.2) is 39.5 Å². The van der Waals surface area contributed by atoms with Crippen LogP contribution in [0, 0.1) is 5.92 Å². The molecule has 2 heterocycles. The minimum Gasteiger partial charge on any atom is -0.481 e. The summed E-state index contributed by atoms with van der Waals surface area (Å²) in [7, 11) is 0. The van der Waals surface area contributed by atoms with E-state index in [1.54, 1.807) is 23.2 Å². The number of aryl methyl sites for hydroxylation is 1. The van der Waals surface area contributed by atoms with Crippen LogP contribution in [0.25, 0.3) is 0 Å². The molecule has 1 saturated heterocycles. The third kappa shape index (κ3) is 3.84. The van der Waals surface area contributed by atoms with Crippen molar-refractivity contribution in [3.05, 3.63) is 34.7 Å². The number of pyridine rings is 1. The molecular formula is C13H17ClN2O4. The molecule has 1 aliphatic rings. The van der Waals surface area contributed by atoms with Crippen molar-refractivity contribution in [3.8, 4) is 0 Å². The molecule has 0 spiro atoms. The van der Waals surface area contributed by atoms with Crippen molar-refractivity contribution in [1.82, 2.24) is 9.47 Å². The van der Waals surface area contributed by atoms with Gasteiger partial charge in [0.1, 0.15) is 0 Å². The first-order valence-electron chi connectivity index (χ1n) is 6.24. The highest BCUT2D eigenvalue weighted by Crippen LogP contribution is 2.17. The second kappa shape index (κ2) is 7.09. The van der Waals surface area contributed by atoms with Crippen molar-refractivity contribution in [1.29, 1.82) is 0 Å². The zero-order chi connectivity index (χ0) is 13.8. The van der Waals surface area contributed by atoms with Gasteiger partial charge in [0, 0.05) is 38.3 Å². The van der Waals surface area contributed by atoms with Crippen LogP contribution in [0.3, 0.4) is 0 Å². The predicted octanol–water partition coefficient (Wildman–Crippen LogP) is 0.593. The maximum atomic E-state index is 11.9. The first-order valence-corrected chi connectivity index (χ1v) is 6.24. The number of nitrogens with zero attached hydrogens (tertiary/aromatic N) is 2. The van der Waals surface area contributed by atoms with Crippen LogP contribution in [0.2, 0.25) is 0 Å². The van der Waals surface area contributed by atoms with E-state index in [4.69, 9.17) is 5.11 Å². The lowest BCUT2D eigenvalue weighted by Gasteiger charge is -2.16. The van der Waals surface area contributed by atoms with Crippen molar-refractivity contribution in [2.45, 2.75) is 19.4 Å². The predicted molar refractivity (Wildman–Crippen MR) is 74.9 cm³/mol. The minimum atomic E-state index is -0.852. The molecule has 1 atom stereocenters. The summed E-state index contributed by atoms with van der Waals surface area (Å²) >= 11 is 0. The molecule has 110 valence electrons. The summed E-state index contributed by atoms with van der Waals surface area (Å²) in [4.78, 5) is 35.7. The number of amides is 1. The highest BCUT2D eigenvalue weighted by Gasteiger charge is 2.30. The lowest BCUT2D eigenvalue weighted by Crippen LogP contribution is -2.31. The number of likely N-dealkylation sites (tertiary alicyclic amines) is 1. The van der Waals surface area contributed by atoms with E-state index in [9.17, 15) is 14.4 Å². The second-order valence-electron chi connectivity index (χ2n) is 4.65. The molecule has 1 N–H and O–H groups in total. The fraction of sp³-hybridized carbons (Fsp3) is 0.462. The molecule has 7 heteroatoms. The molecule has 1 unspecified atom stereocenters. The van der Waals surface area contributed by atoms with Crippen molar-refractivity contribution in [2.24, 2.45) is 5.92 Å². The van der Waals surface area contributed by atoms with E-state index in [2.05, 4.69) is 0 Å². The third-order valence-electron chi connectivity index (χ3n) is 3.36. The van der Waals surface area contributed by atoms with E-state index < -0.39 is 11.9 Å². The molecule has 0 saturated carbocycles. The number of hydrogen-bond acceptors (Lipinski definition) is 3. The molecule has 0 aromatic carbocycles. The zero-order valence-electron chi connectivity index (χ0n) is 10.9. The Morgan fingerprint density at radius 2 is 2.10 bits per heavy atom. The smallest absolute Gasteiger partial charge is 0.308 e. The lowest BCUT2D eigenvalue weighted by atomic mass is 10.1. The van der Waals surface area contributed by atoms with Crippen molar-refractivity contribution < 1.29 is 14.7 Å². The van der Waals surface area contributed by atoms with Gasteiger partial charge < -0.3 is 14.6 Å². The number of aliphatic carboxylic acids is 1. The highest BCUT2D eigenvalue weighted by atomic mass is 35.5. The number of carbonyl (C=O) groups excluding carboxylic acids is 1. The standard InChI is InChI=1S/C13H16N2O4.ClH/c16-11-3-1-2-6-14(11)8-5-12(17)15-7-4-10(9-15)13(18)19;/h1-3,6,10H,4-5,7-9H2,(H,18,19);1H. The molecule has 2 rings (SSSR count). The third-order valence-corrected chi connectivity index (χ3v) is 3.36. The number of carboxylic acid groups (broad SMARTS) is 1. The first kappa shape index (κ1) is 16.2. The number of halogens is 1. The molecule has 0 aliphatic carbocycles. The Labute approximate surface area is 122 Å². The minimum absolute atomic E-state index is 0. The van der Waals surface area contributed by atoms with Gasteiger partial charge in [-0.25, -0.2) is 0 Å². The van der Waals surface area contributed by atoms with Gasteiger partial charge in [-0.05, 0) is 12.5 Å². The Kier molecular flexibility index (Phi) is 5.76. The van der Waals surface area contributed by atoms with Crippen LogP contribution in [-0.2, 0) is 16.1 Å². The fourth-order valence-electron chi connectivity index (χ4n) is 2.21. The molecule has 1 amide bonds. The van der Waals surface area contributed by atoms with E-state index in [-0.39, 0.29) is 36.8 Å². The molecular weight excluding hydrogens is 284 g/mol. The Bertz CT molecular complexity index is 543. The molecule has 1 fully saturated rings. The molecule has 1 aliphatic heterocycles. The number of hydrogen-bond donors (Lipinski definition) is 1. The summed E-state index contributed by atoms with van der Waals surface area (Å²) in [6.07, 6.45) is 2.36. The maximum Gasteiger partial charge on any atom is 0.308 e. The average Bonchev–Trinajstić information content (AvgIpc) is 2.87. The molecule has 6 nitrogen and oxygen atoms in total. The van der Waals surface area contributed by atoms with Gasteiger partial charge in [-0.3, -0.25) is 14.4 Å². The Hall–Kier alpha value is -1.82. The van der Waals surface area contributed by atoms with E-state index in [1.165, 1.54) is 10.6 Å². The van der Waals surface area contributed by atoms with E-state index >= 15 is 0 Å². The van der Waals surface area contributed by atoms with Gasteiger partial charge in [-0.1, -0.05) is 6.07 Å². The summed E-state index contributed by atoms with van der Waals surface area (Å²) in [5.41, 5.74) is -0.139.